The Morgan fingerprint density at radius 2 is 1.61 bits per heavy atom. The second-order valence-corrected chi connectivity index (χ2v) is 5.43. The van der Waals surface area contributed by atoms with Gasteiger partial charge in [-0.05, 0) is 24.6 Å². The molecule has 4 nitrogen and oxygen atoms in total. The van der Waals surface area contributed by atoms with Gasteiger partial charge in [0.2, 0.25) is 0 Å². The Balaban J connectivity index is 2.06. The van der Waals surface area contributed by atoms with E-state index in [0.717, 1.165) is 16.8 Å². The molecule has 0 aliphatic rings. The highest BCUT2D eigenvalue weighted by Crippen LogP contribution is 2.25. The summed E-state index contributed by atoms with van der Waals surface area (Å²) in [7, 11) is 0. The maximum atomic E-state index is 13.1. The molecule has 0 spiro atoms. The van der Waals surface area contributed by atoms with Crippen LogP contribution in [0.4, 0.5) is 0 Å². The van der Waals surface area contributed by atoms with Gasteiger partial charge in [-0.15, -0.1) is 0 Å². The minimum Gasteiger partial charge on any atom is -0.345 e. The standard InChI is InChI=1S/C19H15N3O/c1-13-21-18-17(16(12-20-18)14-8-4-2-5-9-14)19(23)22(13)15-10-6-3-7-11-15/h2-12,20H,1H3. The molecular weight excluding hydrogens is 286 g/mol. The number of aromatic amines is 1. The van der Waals surface area contributed by atoms with Crippen LogP contribution in [-0.4, -0.2) is 14.5 Å². The van der Waals surface area contributed by atoms with Gasteiger partial charge >= 0.3 is 0 Å². The minimum atomic E-state index is -0.0567. The van der Waals surface area contributed by atoms with Gasteiger partial charge in [0.05, 0.1) is 11.1 Å². The number of hydrogen-bond donors (Lipinski definition) is 1. The maximum Gasteiger partial charge on any atom is 0.268 e. The van der Waals surface area contributed by atoms with E-state index in [2.05, 4.69) is 9.97 Å². The molecule has 4 rings (SSSR count). The van der Waals surface area contributed by atoms with Crippen LogP contribution in [0.3, 0.4) is 0 Å². The highest BCUT2D eigenvalue weighted by molar-refractivity contribution is 5.93. The Hall–Kier alpha value is -3.14. The number of aryl methyl sites for hydroxylation is 1. The molecule has 2 aromatic heterocycles. The first-order valence-corrected chi connectivity index (χ1v) is 7.47. The van der Waals surface area contributed by atoms with Gasteiger partial charge in [-0.3, -0.25) is 9.36 Å². The summed E-state index contributed by atoms with van der Waals surface area (Å²) in [6.45, 7) is 1.84. The number of para-hydroxylation sites is 1. The fourth-order valence-electron chi connectivity index (χ4n) is 2.91. The highest BCUT2D eigenvalue weighted by Gasteiger charge is 2.15. The number of aromatic nitrogens is 3. The molecule has 4 aromatic rings. The van der Waals surface area contributed by atoms with Crippen molar-refractivity contribution in [1.82, 2.24) is 14.5 Å². The maximum absolute atomic E-state index is 13.1. The van der Waals surface area contributed by atoms with E-state index < -0.39 is 0 Å². The van der Waals surface area contributed by atoms with Crippen LogP contribution in [0.1, 0.15) is 5.82 Å². The molecule has 2 aromatic carbocycles. The molecule has 0 aliphatic carbocycles. The van der Waals surface area contributed by atoms with Gasteiger partial charge in [-0.2, -0.15) is 0 Å². The van der Waals surface area contributed by atoms with E-state index >= 15 is 0 Å². The summed E-state index contributed by atoms with van der Waals surface area (Å²) in [6.07, 6.45) is 1.85. The van der Waals surface area contributed by atoms with E-state index in [-0.39, 0.29) is 5.56 Å². The zero-order valence-corrected chi connectivity index (χ0v) is 12.7. The third kappa shape index (κ3) is 2.16. The molecular formula is C19H15N3O. The quantitative estimate of drug-likeness (QED) is 0.614. The van der Waals surface area contributed by atoms with E-state index in [1.165, 1.54) is 0 Å². The Labute approximate surface area is 133 Å². The van der Waals surface area contributed by atoms with Gasteiger partial charge in [0, 0.05) is 11.8 Å². The summed E-state index contributed by atoms with van der Waals surface area (Å²) in [5.74, 6) is 0.662. The molecule has 0 radical (unpaired) electrons. The number of fused-ring (bicyclic) bond motifs is 1. The lowest BCUT2D eigenvalue weighted by molar-refractivity contribution is 0.892. The van der Waals surface area contributed by atoms with E-state index in [1.54, 1.807) is 4.57 Å². The zero-order valence-electron chi connectivity index (χ0n) is 12.7. The van der Waals surface area contributed by atoms with Crippen LogP contribution >= 0.6 is 0 Å². The van der Waals surface area contributed by atoms with Crippen molar-refractivity contribution in [2.75, 3.05) is 0 Å². The third-order valence-electron chi connectivity index (χ3n) is 3.97. The van der Waals surface area contributed by atoms with Crippen LogP contribution in [0.15, 0.2) is 71.7 Å². The first-order chi connectivity index (χ1) is 11.3. The van der Waals surface area contributed by atoms with Crippen molar-refractivity contribution in [2.24, 2.45) is 0 Å². The van der Waals surface area contributed by atoms with Crippen molar-refractivity contribution in [3.8, 4) is 16.8 Å². The summed E-state index contributed by atoms with van der Waals surface area (Å²) in [5, 5.41) is 0.616. The lowest BCUT2D eigenvalue weighted by Crippen LogP contribution is -2.22. The molecule has 0 bridgehead atoms. The average Bonchev–Trinajstić information content (AvgIpc) is 3.00. The zero-order chi connectivity index (χ0) is 15.8. The summed E-state index contributed by atoms with van der Waals surface area (Å²) < 4.78 is 1.66. The molecule has 0 aliphatic heterocycles. The fraction of sp³-hybridized carbons (Fsp3) is 0.0526. The van der Waals surface area contributed by atoms with Crippen LogP contribution in [0.2, 0.25) is 0 Å². The summed E-state index contributed by atoms with van der Waals surface area (Å²) in [5.41, 5.74) is 3.27. The Morgan fingerprint density at radius 3 is 2.30 bits per heavy atom. The second-order valence-electron chi connectivity index (χ2n) is 5.43. The smallest absolute Gasteiger partial charge is 0.268 e. The molecule has 0 unspecified atom stereocenters. The number of benzene rings is 2. The van der Waals surface area contributed by atoms with Crippen LogP contribution < -0.4 is 5.56 Å². The molecule has 0 saturated carbocycles. The largest absolute Gasteiger partial charge is 0.345 e. The second kappa shape index (κ2) is 5.25. The summed E-state index contributed by atoms with van der Waals surface area (Å²) >= 11 is 0. The molecule has 4 heteroatoms. The van der Waals surface area contributed by atoms with Crippen LogP contribution in [0.5, 0.6) is 0 Å². The van der Waals surface area contributed by atoms with Crippen molar-refractivity contribution < 1.29 is 0 Å². The average molecular weight is 301 g/mol. The first-order valence-electron chi connectivity index (χ1n) is 7.47. The van der Waals surface area contributed by atoms with Gasteiger partial charge in [0.15, 0.2) is 0 Å². The summed E-state index contributed by atoms with van der Waals surface area (Å²) in [6, 6.07) is 19.5. The van der Waals surface area contributed by atoms with Crippen molar-refractivity contribution in [3.05, 3.63) is 83.0 Å². The Bertz CT molecular complexity index is 1030. The van der Waals surface area contributed by atoms with Crippen molar-refractivity contribution >= 4 is 11.0 Å². The van der Waals surface area contributed by atoms with Crippen LogP contribution in [0, 0.1) is 6.92 Å². The lowest BCUT2D eigenvalue weighted by Gasteiger charge is -2.09. The van der Waals surface area contributed by atoms with Gasteiger partial charge in [-0.25, -0.2) is 4.98 Å². The number of rotatable bonds is 2. The van der Waals surface area contributed by atoms with Gasteiger partial charge in [0.1, 0.15) is 11.5 Å². The summed E-state index contributed by atoms with van der Waals surface area (Å²) in [4.78, 5) is 20.8. The molecule has 0 fully saturated rings. The molecule has 0 atom stereocenters. The van der Waals surface area contributed by atoms with E-state index in [1.807, 2.05) is 73.8 Å². The number of nitrogens with zero attached hydrogens (tertiary/aromatic N) is 2. The molecule has 23 heavy (non-hydrogen) atoms. The fourth-order valence-corrected chi connectivity index (χ4v) is 2.91. The Kier molecular flexibility index (Phi) is 3.08. The molecule has 0 saturated heterocycles. The number of nitrogens with one attached hydrogen (secondary N) is 1. The van der Waals surface area contributed by atoms with Gasteiger partial charge in [0.25, 0.3) is 5.56 Å². The molecule has 0 amide bonds. The third-order valence-corrected chi connectivity index (χ3v) is 3.97. The molecule has 112 valence electrons. The number of hydrogen-bond acceptors (Lipinski definition) is 2. The van der Waals surface area contributed by atoms with Crippen LogP contribution in [0.25, 0.3) is 27.8 Å². The lowest BCUT2D eigenvalue weighted by atomic mass is 10.1. The first kappa shape index (κ1) is 13.5. The van der Waals surface area contributed by atoms with Crippen molar-refractivity contribution in [3.63, 3.8) is 0 Å². The predicted molar refractivity (Wildman–Crippen MR) is 91.9 cm³/mol. The minimum absolute atomic E-state index is 0.0567. The monoisotopic (exact) mass is 301 g/mol. The normalized spacial score (nSPS) is 11.0. The van der Waals surface area contributed by atoms with Crippen molar-refractivity contribution in [2.45, 2.75) is 6.92 Å². The SMILES string of the molecule is Cc1nc2[nH]cc(-c3ccccc3)c2c(=O)n1-c1ccccc1. The van der Waals surface area contributed by atoms with E-state index in [4.69, 9.17) is 0 Å². The van der Waals surface area contributed by atoms with Gasteiger partial charge < -0.3 is 4.98 Å². The van der Waals surface area contributed by atoms with Crippen molar-refractivity contribution in [1.29, 1.82) is 0 Å². The number of H-pyrrole nitrogens is 1. The van der Waals surface area contributed by atoms with E-state index in [9.17, 15) is 4.79 Å². The Morgan fingerprint density at radius 1 is 0.957 bits per heavy atom. The highest BCUT2D eigenvalue weighted by atomic mass is 16.1. The van der Waals surface area contributed by atoms with E-state index in [0.29, 0.717) is 16.9 Å². The molecule has 1 N–H and O–H groups in total. The van der Waals surface area contributed by atoms with Gasteiger partial charge in [-0.1, -0.05) is 48.5 Å². The molecule has 2 heterocycles. The topological polar surface area (TPSA) is 50.7 Å². The van der Waals surface area contributed by atoms with Crippen LogP contribution in [-0.2, 0) is 0 Å². The predicted octanol–water partition coefficient (Wildman–Crippen LogP) is 3.69.